The number of sulfonamides is 1. The molecule has 0 radical (unpaired) electrons. The van der Waals surface area contributed by atoms with E-state index in [2.05, 4.69) is 0 Å². The highest BCUT2D eigenvalue weighted by molar-refractivity contribution is 7.94. The van der Waals surface area contributed by atoms with E-state index in [1.807, 2.05) is 0 Å². The monoisotopic (exact) mass is 313 g/mol. The number of aromatic carboxylic acids is 1. The molecule has 0 spiro atoms. The van der Waals surface area contributed by atoms with Gasteiger partial charge in [-0.2, -0.15) is 0 Å². The van der Waals surface area contributed by atoms with Gasteiger partial charge in [0.25, 0.3) is 15.9 Å². The number of amides is 1. The molecule has 1 heterocycles. The molecule has 1 aromatic rings. The number of hydrogen-bond donors (Lipinski definition) is 1. The molecule has 2 rings (SSSR count). The average molecular weight is 313 g/mol. The predicted molar refractivity (Wildman–Crippen MR) is 73.5 cm³/mol. The van der Waals surface area contributed by atoms with Crippen LogP contribution in [0.5, 0.6) is 5.75 Å². The van der Waals surface area contributed by atoms with Crippen LogP contribution in [0.4, 0.5) is 0 Å². The first kappa shape index (κ1) is 15.3. The van der Waals surface area contributed by atoms with Crippen LogP contribution < -0.4 is 4.74 Å². The first-order valence-corrected chi connectivity index (χ1v) is 7.54. The summed E-state index contributed by atoms with van der Waals surface area (Å²) in [6.07, 6.45) is 0. The number of ether oxygens (including phenoxy) is 1. The van der Waals surface area contributed by atoms with Crippen molar-refractivity contribution in [1.29, 1.82) is 0 Å². The highest BCUT2D eigenvalue weighted by Gasteiger charge is 2.60. The maximum atomic E-state index is 12.1. The number of carboxylic acids is 1. The molecule has 1 aliphatic rings. The Labute approximate surface area is 122 Å². The lowest BCUT2D eigenvalue weighted by Gasteiger charge is -2.43. The molecule has 0 aromatic heterocycles. The fourth-order valence-corrected chi connectivity index (χ4v) is 3.61. The van der Waals surface area contributed by atoms with Gasteiger partial charge in [-0.1, -0.05) is 0 Å². The van der Waals surface area contributed by atoms with E-state index in [9.17, 15) is 18.0 Å². The minimum atomic E-state index is -3.73. The lowest BCUT2D eigenvalue weighted by Crippen LogP contribution is -2.66. The quantitative estimate of drug-likeness (QED) is 0.884. The molecule has 7 nitrogen and oxygen atoms in total. The third kappa shape index (κ3) is 2.15. The first-order valence-electron chi connectivity index (χ1n) is 6.10. The number of carboxylic acid groups (broad SMARTS) is 1. The fourth-order valence-electron chi connectivity index (χ4n) is 2.10. The van der Waals surface area contributed by atoms with Crippen LogP contribution in [0.2, 0.25) is 0 Å². The van der Waals surface area contributed by atoms with Crippen LogP contribution in [-0.2, 0) is 21.4 Å². The summed E-state index contributed by atoms with van der Waals surface area (Å²) in [5, 5.41) is 8.98. The molecule has 0 saturated carbocycles. The number of benzene rings is 1. The van der Waals surface area contributed by atoms with Gasteiger partial charge in [-0.3, -0.25) is 4.79 Å². The summed E-state index contributed by atoms with van der Waals surface area (Å²) in [4.78, 5) is 22.9. The zero-order valence-electron chi connectivity index (χ0n) is 11.8. The number of hydrogen-bond acceptors (Lipinski definition) is 5. The summed E-state index contributed by atoms with van der Waals surface area (Å²) in [6.45, 7) is 2.44. The molecule has 0 atom stereocenters. The van der Waals surface area contributed by atoms with Gasteiger partial charge in [0.15, 0.2) is 4.75 Å². The Bertz CT molecular complexity index is 722. The number of rotatable bonds is 4. The first-order chi connectivity index (χ1) is 9.62. The maximum absolute atomic E-state index is 12.1. The van der Waals surface area contributed by atoms with Gasteiger partial charge in [0, 0.05) is 5.56 Å². The van der Waals surface area contributed by atoms with E-state index >= 15 is 0 Å². The summed E-state index contributed by atoms with van der Waals surface area (Å²) < 4.78 is 28.5. The number of methoxy groups -OCH3 is 1. The lowest BCUT2D eigenvalue weighted by atomic mass is 10.1. The predicted octanol–water partition coefficient (Wildman–Crippen LogP) is 0.844. The van der Waals surface area contributed by atoms with E-state index in [4.69, 9.17) is 9.84 Å². The second kappa shape index (κ2) is 4.73. The Balaban J connectivity index is 2.39. The van der Waals surface area contributed by atoms with Crippen molar-refractivity contribution in [2.75, 3.05) is 7.11 Å². The summed E-state index contributed by atoms with van der Waals surface area (Å²) in [6, 6.07) is 4.08. The van der Waals surface area contributed by atoms with Crippen molar-refractivity contribution in [3.8, 4) is 5.75 Å². The average Bonchev–Trinajstić information content (AvgIpc) is 2.43. The van der Waals surface area contributed by atoms with E-state index in [1.54, 1.807) is 0 Å². The van der Waals surface area contributed by atoms with Crippen LogP contribution in [0.15, 0.2) is 18.2 Å². The van der Waals surface area contributed by atoms with Gasteiger partial charge < -0.3 is 9.84 Å². The summed E-state index contributed by atoms with van der Waals surface area (Å²) >= 11 is 0. The second-order valence-corrected chi connectivity index (χ2v) is 7.57. The Hall–Kier alpha value is -2.09. The zero-order chi connectivity index (χ0) is 16.0. The smallest absolute Gasteiger partial charge is 0.335 e. The number of carbonyl (C=O) groups is 2. The summed E-state index contributed by atoms with van der Waals surface area (Å²) in [7, 11) is -2.34. The lowest BCUT2D eigenvalue weighted by molar-refractivity contribution is -0.132. The Kier molecular flexibility index (Phi) is 3.45. The molecule has 1 saturated heterocycles. The van der Waals surface area contributed by atoms with Gasteiger partial charge in [-0.05, 0) is 32.0 Å². The van der Waals surface area contributed by atoms with E-state index in [0.29, 0.717) is 11.3 Å². The highest BCUT2D eigenvalue weighted by Crippen LogP contribution is 2.37. The van der Waals surface area contributed by atoms with Crippen molar-refractivity contribution in [1.82, 2.24) is 4.31 Å². The normalized spacial score (nSPS) is 19.0. The van der Waals surface area contributed by atoms with Gasteiger partial charge >= 0.3 is 5.97 Å². The van der Waals surface area contributed by atoms with Gasteiger partial charge in [-0.15, -0.1) is 0 Å². The van der Waals surface area contributed by atoms with Crippen molar-refractivity contribution in [3.63, 3.8) is 0 Å². The Morgan fingerprint density at radius 1 is 1.38 bits per heavy atom. The van der Waals surface area contributed by atoms with E-state index in [1.165, 1.54) is 39.2 Å². The summed E-state index contributed by atoms with van der Waals surface area (Å²) in [5.41, 5.74) is 0.320. The maximum Gasteiger partial charge on any atom is 0.335 e. The van der Waals surface area contributed by atoms with Crippen LogP contribution in [0, 0.1) is 0 Å². The molecule has 1 N–H and O–H groups in total. The SMILES string of the molecule is COc1ccc(C(=O)O)cc1CN1C(=O)C(C)(C)S1(=O)=O. The molecule has 1 aromatic carbocycles. The van der Waals surface area contributed by atoms with Crippen molar-refractivity contribution in [2.24, 2.45) is 0 Å². The summed E-state index contributed by atoms with van der Waals surface area (Å²) in [5.74, 6) is -1.34. The topological polar surface area (TPSA) is 101 Å². The minimum absolute atomic E-state index is 0.00423. The molecule has 114 valence electrons. The standard InChI is InChI=1S/C13H15NO6S/c1-13(2)12(17)14(21(13,18)19)7-9-6-8(11(15)16)4-5-10(9)20-3/h4-6H,7H2,1-3H3,(H,15,16). The van der Waals surface area contributed by atoms with Crippen LogP contribution in [0.3, 0.4) is 0 Å². The molecule has 1 aliphatic heterocycles. The largest absolute Gasteiger partial charge is 0.496 e. The van der Waals surface area contributed by atoms with Crippen molar-refractivity contribution >= 4 is 21.9 Å². The van der Waals surface area contributed by atoms with Crippen molar-refractivity contribution < 1.29 is 27.9 Å². The second-order valence-electron chi connectivity index (χ2n) is 5.16. The molecule has 8 heteroatoms. The Morgan fingerprint density at radius 2 is 2.00 bits per heavy atom. The molecular weight excluding hydrogens is 298 g/mol. The van der Waals surface area contributed by atoms with Crippen LogP contribution in [0.1, 0.15) is 29.8 Å². The fraction of sp³-hybridized carbons (Fsp3) is 0.385. The number of carbonyl (C=O) groups excluding carboxylic acids is 1. The highest BCUT2D eigenvalue weighted by atomic mass is 32.2. The molecule has 1 fully saturated rings. The van der Waals surface area contributed by atoms with E-state index in [-0.39, 0.29) is 12.1 Å². The third-order valence-corrected chi connectivity index (χ3v) is 5.86. The van der Waals surface area contributed by atoms with E-state index < -0.39 is 26.6 Å². The molecule has 0 unspecified atom stereocenters. The third-order valence-electron chi connectivity index (χ3n) is 3.52. The Morgan fingerprint density at radius 3 is 2.48 bits per heavy atom. The molecule has 0 bridgehead atoms. The molecule has 0 aliphatic carbocycles. The van der Waals surface area contributed by atoms with E-state index in [0.717, 1.165) is 4.31 Å². The van der Waals surface area contributed by atoms with Gasteiger partial charge in [0.05, 0.1) is 19.2 Å². The van der Waals surface area contributed by atoms with Gasteiger partial charge in [-0.25, -0.2) is 17.5 Å². The molecule has 21 heavy (non-hydrogen) atoms. The zero-order valence-corrected chi connectivity index (χ0v) is 12.6. The van der Waals surface area contributed by atoms with Crippen LogP contribution in [0.25, 0.3) is 0 Å². The van der Waals surface area contributed by atoms with Crippen molar-refractivity contribution in [2.45, 2.75) is 25.1 Å². The van der Waals surface area contributed by atoms with Crippen molar-refractivity contribution in [3.05, 3.63) is 29.3 Å². The van der Waals surface area contributed by atoms with Crippen LogP contribution >= 0.6 is 0 Å². The van der Waals surface area contributed by atoms with Gasteiger partial charge in [0.2, 0.25) is 0 Å². The molecule has 1 amide bonds. The van der Waals surface area contributed by atoms with Crippen LogP contribution in [-0.4, -0.2) is 41.6 Å². The molecular formula is C13H15NO6S. The minimum Gasteiger partial charge on any atom is -0.496 e. The van der Waals surface area contributed by atoms with Gasteiger partial charge in [0.1, 0.15) is 5.75 Å². The number of nitrogens with zero attached hydrogens (tertiary/aromatic N) is 1.